The third-order valence-corrected chi connectivity index (χ3v) is 3.79. The fourth-order valence-electron chi connectivity index (χ4n) is 3.24. The van der Waals surface area contributed by atoms with Crippen molar-refractivity contribution >= 4 is 11.9 Å². The molecule has 0 amide bonds. The molecule has 0 radical (unpaired) electrons. The Morgan fingerprint density at radius 3 is 1.65 bits per heavy atom. The van der Waals surface area contributed by atoms with Crippen LogP contribution >= 0.6 is 0 Å². The van der Waals surface area contributed by atoms with Crippen molar-refractivity contribution in [3.63, 3.8) is 0 Å². The Bertz CT molecular complexity index is 285. The fraction of sp³-hybridized carbons (Fsp3) is 0.818. The van der Waals surface area contributed by atoms with Gasteiger partial charge in [0.15, 0.2) is 0 Å². The monoisotopic (exact) mass is 244 g/mol. The summed E-state index contributed by atoms with van der Waals surface area (Å²) in [5, 5.41) is 0. The maximum atomic E-state index is 11.8. The molecule has 4 atom stereocenters. The Kier molecular flexibility index (Phi) is 3.63. The van der Waals surface area contributed by atoms with Gasteiger partial charge in [0, 0.05) is 0 Å². The van der Waals surface area contributed by atoms with Gasteiger partial charge in [-0.05, 0) is 31.1 Å². The molecule has 4 unspecified atom stereocenters. The first-order valence-electron chi connectivity index (χ1n) is 5.68. The average molecular weight is 244 g/mol. The summed E-state index contributed by atoms with van der Waals surface area (Å²) in [6.07, 6.45) is 2.77. The largest absolute Gasteiger partial charge is 0.346 e. The lowest BCUT2D eigenvalue weighted by Crippen LogP contribution is -2.36. The molecule has 6 heteroatoms. The van der Waals surface area contributed by atoms with Crippen molar-refractivity contribution in [3.05, 3.63) is 0 Å². The molecule has 0 aromatic rings. The van der Waals surface area contributed by atoms with Crippen molar-refractivity contribution in [2.75, 3.05) is 14.2 Å². The first-order chi connectivity index (χ1) is 8.19. The lowest BCUT2D eigenvalue weighted by molar-refractivity contribution is -0.271. The van der Waals surface area contributed by atoms with E-state index in [0.717, 1.165) is 19.3 Å². The van der Waals surface area contributed by atoms with Gasteiger partial charge in [-0.15, -0.1) is 0 Å². The molecule has 17 heavy (non-hydrogen) atoms. The van der Waals surface area contributed by atoms with E-state index in [2.05, 4.69) is 19.6 Å². The molecule has 96 valence electrons. The predicted molar refractivity (Wildman–Crippen MR) is 54.0 cm³/mol. The van der Waals surface area contributed by atoms with Gasteiger partial charge in [-0.3, -0.25) is 9.78 Å². The van der Waals surface area contributed by atoms with Crippen molar-refractivity contribution in [2.45, 2.75) is 19.3 Å². The van der Waals surface area contributed by atoms with E-state index in [1.54, 1.807) is 0 Å². The summed E-state index contributed by atoms with van der Waals surface area (Å²) in [7, 11) is 2.54. The quantitative estimate of drug-likeness (QED) is 0.539. The van der Waals surface area contributed by atoms with Gasteiger partial charge in [-0.25, -0.2) is 9.59 Å². The minimum absolute atomic E-state index is 0.192. The molecular formula is C11H16O6. The lowest BCUT2D eigenvalue weighted by atomic mass is 9.79. The summed E-state index contributed by atoms with van der Waals surface area (Å²) in [5.74, 6) is -1.52. The van der Waals surface area contributed by atoms with Gasteiger partial charge < -0.3 is 0 Å². The van der Waals surface area contributed by atoms with E-state index in [1.807, 2.05) is 0 Å². The number of rotatable bonds is 4. The van der Waals surface area contributed by atoms with E-state index in [9.17, 15) is 9.59 Å². The van der Waals surface area contributed by atoms with Crippen LogP contribution in [0.2, 0.25) is 0 Å². The second-order valence-electron chi connectivity index (χ2n) is 4.52. The molecule has 2 saturated carbocycles. The Hall–Kier alpha value is -1.14. The smallest absolute Gasteiger partial charge is 0.298 e. The van der Waals surface area contributed by atoms with E-state index in [-0.39, 0.29) is 11.8 Å². The van der Waals surface area contributed by atoms with Crippen LogP contribution in [0.1, 0.15) is 19.3 Å². The standard InChI is InChI=1S/C11H16O6/c1-14-16-10(12)8-6-3-4-7(5-6)9(8)11(13)17-15-2/h6-9H,3-5H2,1-2H3. The highest BCUT2D eigenvalue weighted by atomic mass is 17.2. The van der Waals surface area contributed by atoms with Crippen LogP contribution < -0.4 is 0 Å². The average Bonchev–Trinajstić information content (AvgIpc) is 2.89. The minimum atomic E-state index is -0.488. The Labute approximate surface area is 99.0 Å². The molecular weight excluding hydrogens is 228 g/mol. The highest BCUT2D eigenvalue weighted by molar-refractivity contribution is 5.83. The SMILES string of the molecule is COOC(=O)C1C2CCC(C2)C1C(=O)OOC. The highest BCUT2D eigenvalue weighted by Gasteiger charge is 2.56. The van der Waals surface area contributed by atoms with Crippen LogP contribution in [-0.4, -0.2) is 26.2 Å². The second-order valence-corrected chi connectivity index (χ2v) is 4.52. The Morgan fingerprint density at radius 1 is 0.882 bits per heavy atom. The summed E-state index contributed by atoms with van der Waals surface area (Å²) < 4.78 is 0. The highest BCUT2D eigenvalue weighted by Crippen LogP contribution is 2.53. The zero-order valence-corrected chi connectivity index (χ0v) is 9.88. The summed E-state index contributed by atoms with van der Waals surface area (Å²) in [6.45, 7) is 0. The van der Waals surface area contributed by atoms with Crippen molar-refractivity contribution < 1.29 is 29.1 Å². The van der Waals surface area contributed by atoms with Crippen LogP contribution in [0.15, 0.2) is 0 Å². The van der Waals surface area contributed by atoms with Gasteiger partial charge in [0.2, 0.25) is 0 Å². The zero-order chi connectivity index (χ0) is 12.4. The van der Waals surface area contributed by atoms with Crippen LogP contribution in [-0.2, 0) is 29.1 Å². The van der Waals surface area contributed by atoms with Crippen LogP contribution in [0.5, 0.6) is 0 Å². The van der Waals surface area contributed by atoms with Crippen molar-refractivity contribution in [2.24, 2.45) is 23.7 Å². The molecule has 0 aliphatic heterocycles. The van der Waals surface area contributed by atoms with Crippen LogP contribution in [0.3, 0.4) is 0 Å². The molecule has 2 fully saturated rings. The maximum absolute atomic E-state index is 11.8. The molecule has 0 spiro atoms. The molecule has 0 aromatic carbocycles. The zero-order valence-electron chi connectivity index (χ0n) is 9.88. The molecule has 2 bridgehead atoms. The molecule has 2 rings (SSSR count). The number of fused-ring (bicyclic) bond motifs is 2. The third-order valence-electron chi connectivity index (χ3n) is 3.79. The minimum Gasteiger partial charge on any atom is -0.298 e. The van der Waals surface area contributed by atoms with Gasteiger partial charge in [-0.1, -0.05) is 0 Å². The van der Waals surface area contributed by atoms with Gasteiger partial charge in [0.05, 0.1) is 26.1 Å². The fourth-order valence-corrected chi connectivity index (χ4v) is 3.24. The molecule has 0 heterocycles. The summed E-state index contributed by atoms with van der Waals surface area (Å²) in [4.78, 5) is 41.4. The topological polar surface area (TPSA) is 71.1 Å². The van der Waals surface area contributed by atoms with Gasteiger partial charge in [-0.2, -0.15) is 9.78 Å². The van der Waals surface area contributed by atoms with E-state index < -0.39 is 23.8 Å². The Balaban J connectivity index is 2.11. The van der Waals surface area contributed by atoms with E-state index in [1.165, 1.54) is 14.2 Å². The summed E-state index contributed by atoms with van der Waals surface area (Å²) >= 11 is 0. The second kappa shape index (κ2) is 5.01. The molecule has 2 aliphatic carbocycles. The molecule has 0 aromatic heterocycles. The first-order valence-corrected chi connectivity index (χ1v) is 5.68. The first kappa shape index (κ1) is 12.3. The molecule has 2 aliphatic rings. The van der Waals surface area contributed by atoms with Gasteiger partial charge >= 0.3 is 11.9 Å². The van der Waals surface area contributed by atoms with Crippen molar-refractivity contribution in [3.8, 4) is 0 Å². The molecule has 0 N–H and O–H groups in total. The third kappa shape index (κ3) is 2.14. The number of carbonyl (C=O) groups excluding carboxylic acids is 2. The number of carbonyl (C=O) groups is 2. The van der Waals surface area contributed by atoms with Gasteiger partial charge in [0.25, 0.3) is 0 Å². The van der Waals surface area contributed by atoms with Gasteiger partial charge in [0.1, 0.15) is 0 Å². The Morgan fingerprint density at radius 2 is 1.29 bits per heavy atom. The van der Waals surface area contributed by atoms with Crippen molar-refractivity contribution in [1.82, 2.24) is 0 Å². The number of hydrogen-bond donors (Lipinski definition) is 0. The van der Waals surface area contributed by atoms with Crippen LogP contribution in [0, 0.1) is 23.7 Å². The molecule has 0 saturated heterocycles. The van der Waals surface area contributed by atoms with Crippen LogP contribution in [0.25, 0.3) is 0 Å². The van der Waals surface area contributed by atoms with E-state index in [0.29, 0.717) is 0 Å². The normalized spacial score (nSPS) is 34.7. The van der Waals surface area contributed by atoms with E-state index >= 15 is 0 Å². The van der Waals surface area contributed by atoms with Crippen molar-refractivity contribution in [1.29, 1.82) is 0 Å². The summed E-state index contributed by atoms with van der Waals surface area (Å²) in [6, 6.07) is 0. The van der Waals surface area contributed by atoms with Crippen LogP contribution in [0.4, 0.5) is 0 Å². The number of hydrogen-bond acceptors (Lipinski definition) is 6. The predicted octanol–water partition coefficient (Wildman–Crippen LogP) is 0.858. The lowest BCUT2D eigenvalue weighted by Gasteiger charge is -2.26. The summed E-state index contributed by atoms with van der Waals surface area (Å²) in [5.41, 5.74) is 0. The maximum Gasteiger partial charge on any atom is 0.346 e. The molecule has 6 nitrogen and oxygen atoms in total. The van der Waals surface area contributed by atoms with E-state index in [4.69, 9.17) is 0 Å².